The SMILES string of the molecule is C=C1CSCC(OC(=O)NCCCCCCn2c(=O)n(CCCCCCNC(=O)OC3CSCC(=C)CSC3)c(=O)n(CNC(=O)OC3CSCC(=C)CSC3)c2=O)CSC1. The molecule has 3 N–H and O–H groups in total. The summed E-state index contributed by atoms with van der Waals surface area (Å²) in [7, 11) is 0. The van der Waals surface area contributed by atoms with Crippen molar-refractivity contribution in [2.75, 3.05) is 82.1 Å². The average molecular weight is 963 g/mol. The maximum absolute atomic E-state index is 13.6. The number of nitrogens with zero attached hydrogens (tertiary/aromatic N) is 3. The lowest BCUT2D eigenvalue weighted by Gasteiger charge is -2.21. The molecule has 1 aromatic heterocycles. The Morgan fingerprint density at radius 3 is 1.10 bits per heavy atom. The van der Waals surface area contributed by atoms with E-state index in [0.717, 1.165) is 89.6 Å². The van der Waals surface area contributed by atoms with Gasteiger partial charge in [0, 0.05) is 95.2 Å². The van der Waals surface area contributed by atoms with Crippen LogP contribution < -0.4 is 33.0 Å². The lowest BCUT2D eigenvalue weighted by molar-refractivity contribution is 0.116. The lowest BCUT2D eigenvalue weighted by atomic mass is 10.2. The van der Waals surface area contributed by atoms with Crippen LogP contribution in [0.1, 0.15) is 51.4 Å². The van der Waals surface area contributed by atoms with Crippen LogP contribution in [0.2, 0.25) is 0 Å². The van der Waals surface area contributed by atoms with Crippen LogP contribution in [0.25, 0.3) is 0 Å². The largest absolute Gasteiger partial charge is 0.444 e. The Hall–Kier alpha value is -2.46. The number of thioether (sulfide) groups is 6. The maximum atomic E-state index is 13.6. The Balaban J connectivity index is 1.26. The molecule has 0 aliphatic carbocycles. The molecule has 0 radical (unpaired) electrons. The first-order chi connectivity index (χ1) is 29.5. The molecule has 3 aliphatic rings. The normalized spacial score (nSPS) is 17.8. The minimum atomic E-state index is -0.804. The van der Waals surface area contributed by atoms with Gasteiger partial charge in [0.1, 0.15) is 25.0 Å². The van der Waals surface area contributed by atoms with Gasteiger partial charge in [-0.15, -0.1) is 0 Å². The average Bonchev–Trinajstić information content (AvgIpc) is 3.19. The van der Waals surface area contributed by atoms with E-state index < -0.39 is 42.0 Å². The van der Waals surface area contributed by atoms with E-state index in [1.54, 1.807) is 70.6 Å². The Morgan fingerprint density at radius 1 is 0.459 bits per heavy atom. The number of hydrogen-bond donors (Lipinski definition) is 3. The van der Waals surface area contributed by atoms with E-state index in [-0.39, 0.29) is 31.4 Å². The zero-order valence-electron chi connectivity index (χ0n) is 35.0. The van der Waals surface area contributed by atoms with Gasteiger partial charge in [-0.2, -0.15) is 70.6 Å². The van der Waals surface area contributed by atoms with Crippen LogP contribution in [-0.4, -0.2) is 132 Å². The Bertz CT molecular complexity index is 1670. The topological polar surface area (TPSA) is 181 Å². The summed E-state index contributed by atoms with van der Waals surface area (Å²) in [4.78, 5) is 78.4. The summed E-state index contributed by atoms with van der Waals surface area (Å²) in [5.41, 5.74) is 1.21. The second-order valence-electron chi connectivity index (χ2n) is 15.0. The summed E-state index contributed by atoms with van der Waals surface area (Å²) >= 11 is 10.2. The zero-order chi connectivity index (χ0) is 43.8. The minimum absolute atomic E-state index is 0.0818. The number of unbranched alkanes of at least 4 members (excludes halogenated alkanes) is 6. The van der Waals surface area contributed by atoms with E-state index in [1.165, 1.54) is 11.1 Å². The van der Waals surface area contributed by atoms with Gasteiger partial charge in [-0.1, -0.05) is 62.1 Å². The molecular formula is C40H62N6O9S6. The molecule has 0 bridgehead atoms. The third-order valence-electron chi connectivity index (χ3n) is 9.40. The van der Waals surface area contributed by atoms with Gasteiger partial charge in [-0.3, -0.25) is 0 Å². The van der Waals surface area contributed by atoms with Gasteiger partial charge in [0.25, 0.3) is 0 Å². The molecule has 15 nitrogen and oxygen atoms in total. The predicted molar refractivity (Wildman–Crippen MR) is 257 cm³/mol. The van der Waals surface area contributed by atoms with Crippen molar-refractivity contribution in [2.45, 2.75) is 89.4 Å². The van der Waals surface area contributed by atoms with Crippen molar-refractivity contribution in [3.05, 3.63) is 67.9 Å². The van der Waals surface area contributed by atoms with Gasteiger partial charge in [-0.05, 0) is 25.7 Å². The summed E-state index contributed by atoms with van der Waals surface area (Å²) in [6, 6.07) is 0. The molecular weight excluding hydrogens is 901 g/mol. The van der Waals surface area contributed by atoms with E-state index in [4.69, 9.17) is 14.2 Å². The monoisotopic (exact) mass is 962 g/mol. The molecule has 0 unspecified atom stereocenters. The van der Waals surface area contributed by atoms with Gasteiger partial charge in [0.2, 0.25) is 0 Å². The molecule has 3 fully saturated rings. The smallest absolute Gasteiger partial charge is 0.408 e. The number of ether oxygens (including phenoxy) is 3. The fraction of sp³-hybridized carbons (Fsp3) is 0.700. The zero-order valence-corrected chi connectivity index (χ0v) is 39.9. The minimum Gasteiger partial charge on any atom is -0.444 e. The Labute approximate surface area is 384 Å². The van der Waals surface area contributed by atoms with E-state index in [9.17, 15) is 28.8 Å². The molecule has 61 heavy (non-hydrogen) atoms. The van der Waals surface area contributed by atoms with Gasteiger partial charge in [0.05, 0.1) is 0 Å². The van der Waals surface area contributed by atoms with Crippen molar-refractivity contribution in [1.82, 2.24) is 29.7 Å². The third-order valence-corrected chi connectivity index (χ3v) is 16.7. The van der Waals surface area contributed by atoms with E-state index in [2.05, 4.69) is 35.7 Å². The van der Waals surface area contributed by atoms with Crippen LogP contribution in [0.15, 0.2) is 50.8 Å². The van der Waals surface area contributed by atoms with Crippen molar-refractivity contribution in [2.24, 2.45) is 0 Å². The highest BCUT2D eigenvalue weighted by molar-refractivity contribution is 8.02. The fourth-order valence-electron chi connectivity index (χ4n) is 6.28. The number of amides is 3. The number of carbonyl (C=O) groups is 3. The van der Waals surface area contributed by atoms with E-state index in [0.29, 0.717) is 63.1 Å². The predicted octanol–water partition coefficient (Wildman–Crippen LogP) is 5.64. The van der Waals surface area contributed by atoms with Gasteiger partial charge in [-0.25, -0.2) is 42.5 Å². The molecule has 4 rings (SSSR count). The Kier molecular flexibility index (Phi) is 24.4. The molecule has 3 amide bonds. The standard InChI is InChI=1S/C40H62N6O9S6/c1-29-16-56-22-32(23-57-17-29)53-35(47)41-12-8-4-6-10-14-44-38(50)45(15-11-7-5-9-13-42-36(48)54-33-24-58-18-30(2)19-59-25-33)40(52)46(39(44)51)28-43-37(49)55-34-26-60-20-31(3)21-61-27-34/h32-34H,1-28H2,(H,41,47)(H,42,48)(H,43,49). The quantitative estimate of drug-likeness (QED) is 0.0880. The van der Waals surface area contributed by atoms with Crippen LogP contribution in [0.3, 0.4) is 0 Å². The molecule has 4 heterocycles. The van der Waals surface area contributed by atoms with E-state index >= 15 is 0 Å². The van der Waals surface area contributed by atoms with Gasteiger partial charge < -0.3 is 30.2 Å². The summed E-state index contributed by atoms with van der Waals surface area (Å²) in [5, 5.41) is 8.18. The molecule has 0 spiro atoms. The van der Waals surface area contributed by atoms with Crippen LogP contribution in [-0.2, 0) is 34.0 Å². The number of nitrogens with one attached hydrogen (secondary N) is 3. The fourth-order valence-corrected chi connectivity index (χ4v) is 12.9. The van der Waals surface area contributed by atoms with Crippen LogP contribution >= 0.6 is 70.6 Å². The highest BCUT2D eigenvalue weighted by Crippen LogP contribution is 2.23. The third kappa shape index (κ3) is 19.9. The number of carbonyl (C=O) groups excluding carboxylic acids is 3. The molecule has 1 aromatic rings. The molecule has 3 saturated heterocycles. The molecule has 0 saturated carbocycles. The van der Waals surface area contributed by atoms with Crippen molar-refractivity contribution < 1.29 is 28.6 Å². The first-order valence-electron chi connectivity index (χ1n) is 20.7. The molecule has 21 heteroatoms. The molecule has 3 aliphatic heterocycles. The van der Waals surface area contributed by atoms with Crippen LogP contribution in [0.4, 0.5) is 14.4 Å². The summed E-state index contributed by atoms with van der Waals surface area (Å²) in [6.45, 7) is 12.7. The van der Waals surface area contributed by atoms with Gasteiger partial charge >= 0.3 is 35.3 Å². The number of aromatic nitrogens is 3. The first-order valence-corrected chi connectivity index (χ1v) is 27.7. The van der Waals surface area contributed by atoms with Crippen molar-refractivity contribution in [3.63, 3.8) is 0 Å². The maximum Gasteiger partial charge on any atom is 0.408 e. The number of rotatable bonds is 19. The summed E-state index contributed by atoms with van der Waals surface area (Å²) < 4.78 is 19.8. The Morgan fingerprint density at radius 2 is 0.754 bits per heavy atom. The number of hydrogen-bond acceptors (Lipinski definition) is 15. The van der Waals surface area contributed by atoms with Gasteiger partial charge in [0.15, 0.2) is 0 Å². The molecule has 342 valence electrons. The highest BCUT2D eigenvalue weighted by atomic mass is 32.2. The first kappa shape index (κ1) is 51.2. The lowest BCUT2D eigenvalue weighted by Crippen LogP contribution is -2.56. The second-order valence-corrected chi connectivity index (χ2v) is 21.2. The summed E-state index contributed by atoms with van der Waals surface area (Å²) in [5.74, 6) is 9.19. The van der Waals surface area contributed by atoms with Crippen LogP contribution in [0, 0.1) is 0 Å². The number of alkyl carbamates (subject to hydrolysis) is 3. The second kappa shape index (κ2) is 29.1. The molecule has 0 atom stereocenters. The van der Waals surface area contributed by atoms with Crippen LogP contribution in [0.5, 0.6) is 0 Å². The highest BCUT2D eigenvalue weighted by Gasteiger charge is 2.21. The summed E-state index contributed by atoms with van der Waals surface area (Å²) in [6.07, 6.45) is 2.90. The van der Waals surface area contributed by atoms with E-state index in [1.807, 2.05) is 0 Å². The van der Waals surface area contributed by atoms with Crippen molar-refractivity contribution >= 4 is 88.9 Å². The van der Waals surface area contributed by atoms with Crippen molar-refractivity contribution in [1.29, 1.82) is 0 Å². The van der Waals surface area contributed by atoms with Crippen molar-refractivity contribution in [3.8, 4) is 0 Å². The molecule has 0 aromatic carbocycles.